The fraction of sp³-hybridized carbons (Fsp3) is 0.364. The zero-order chi connectivity index (χ0) is 20.2. The minimum Gasteiger partial charge on any atom is -0.454 e. The molecular weight excluding hydrogens is 410 g/mol. The third-order valence-electron chi connectivity index (χ3n) is 5.19. The molecule has 0 N–H and O–H groups in total. The fourth-order valence-corrected chi connectivity index (χ4v) is 4.91. The van der Waals surface area contributed by atoms with E-state index >= 15 is 0 Å². The van der Waals surface area contributed by atoms with Gasteiger partial charge in [-0.3, -0.25) is 9.59 Å². The van der Waals surface area contributed by atoms with Crippen LogP contribution in [0.4, 0.5) is 0 Å². The van der Waals surface area contributed by atoms with E-state index < -0.39 is 0 Å². The van der Waals surface area contributed by atoms with Crippen molar-refractivity contribution in [1.29, 1.82) is 0 Å². The Kier molecular flexibility index (Phi) is 6.31. The first-order valence-corrected chi connectivity index (χ1v) is 11.1. The van der Waals surface area contributed by atoms with Gasteiger partial charge in [-0.05, 0) is 48.4 Å². The van der Waals surface area contributed by atoms with Gasteiger partial charge in [0.2, 0.25) is 12.7 Å². The molecule has 4 rings (SSSR count). The van der Waals surface area contributed by atoms with Crippen molar-refractivity contribution in [3.63, 3.8) is 0 Å². The molecule has 29 heavy (non-hydrogen) atoms. The molecule has 0 radical (unpaired) electrons. The normalized spacial score (nSPS) is 18.4. The van der Waals surface area contributed by atoms with E-state index in [4.69, 9.17) is 21.1 Å². The van der Waals surface area contributed by atoms with Gasteiger partial charge in [0.25, 0.3) is 0 Å². The van der Waals surface area contributed by atoms with Crippen molar-refractivity contribution in [3.8, 4) is 11.5 Å². The molecule has 2 aliphatic heterocycles. The summed E-state index contributed by atoms with van der Waals surface area (Å²) in [6.45, 7) is 1.67. The number of fused-ring (bicyclic) bond motifs is 1. The van der Waals surface area contributed by atoms with Gasteiger partial charge in [-0.15, -0.1) is 0 Å². The second-order valence-electron chi connectivity index (χ2n) is 7.07. The highest BCUT2D eigenvalue weighted by atomic mass is 35.5. The summed E-state index contributed by atoms with van der Waals surface area (Å²) in [4.78, 5) is 26.8. The number of thioether (sulfide) groups is 1. The van der Waals surface area contributed by atoms with E-state index in [2.05, 4.69) is 6.07 Å². The van der Waals surface area contributed by atoms with Gasteiger partial charge in [-0.1, -0.05) is 17.7 Å². The van der Waals surface area contributed by atoms with Crippen molar-refractivity contribution < 1.29 is 19.1 Å². The molecular formula is C22H22ClNO4S. The number of ether oxygens (including phenoxy) is 2. The number of Topliss-reactive ketones (excluding diaryl/α,β-unsaturated/α-hetero) is 1. The van der Waals surface area contributed by atoms with Gasteiger partial charge in [0.1, 0.15) is 0 Å². The number of hydrogen-bond acceptors (Lipinski definition) is 5. The first kappa shape index (κ1) is 20.1. The van der Waals surface area contributed by atoms with Crippen LogP contribution in [0.15, 0.2) is 42.5 Å². The van der Waals surface area contributed by atoms with E-state index in [0.717, 1.165) is 23.7 Å². The smallest absolute Gasteiger partial charge is 0.231 e. The number of hydrogen-bond donors (Lipinski definition) is 0. The number of amides is 1. The second kappa shape index (κ2) is 9.09. The lowest BCUT2D eigenvalue weighted by Crippen LogP contribution is -2.33. The van der Waals surface area contributed by atoms with E-state index in [9.17, 15) is 9.59 Å². The van der Waals surface area contributed by atoms with Crippen LogP contribution in [0.1, 0.15) is 40.4 Å². The lowest BCUT2D eigenvalue weighted by molar-refractivity contribution is -0.130. The maximum Gasteiger partial charge on any atom is 0.231 e. The SMILES string of the molecule is O=C(CCC(=O)N1CCSC(c2ccc3c(c2)OCO3)CC1)c1ccc(Cl)cc1. The molecule has 0 bridgehead atoms. The molecule has 0 spiro atoms. The van der Waals surface area contributed by atoms with E-state index in [1.165, 1.54) is 5.56 Å². The van der Waals surface area contributed by atoms with Gasteiger partial charge < -0.3 is 14.4 Å². The number of carbonyl (C=O) groups excluding carboxylic acids is 2. The minimum atomic E-state index is -0.0301. The van der Waals surface area contributed by atoms with Crippen LogP contribution in [0.25, 0.3) is 0 Å². The maximum atomic E-state index is 12.6. The average molecular weight is 432 g/mol. The Morgan fingerprint density at radius 1 is 1.03 bits per heavy atom. The van der Waals surface area contributed by atoms with Crippen molar-refractivity contribution in [2.24, 2.45) is 0 Å². The molecule has 7 heteroatoms. The van der Waals surface area contributed by atoms with Crippen LogP contribution in [0.5, 0.6) is 11.5 Å². The molecule has 1 amide bonds. The predicted octanol–water partition coefficient (Wildman–Crippen LogP) is 4.74. The van der Waals surface area contributed by atoms with Crippen molar-refractivity contribution in [3.05, 3.63) is 58.6 Å². The molecule has 2 heterocycles. The summed E-state index contributed by atoms with van der Waals surface area (Å²) in [7, 11) is 0. The van der Waals surface area contributed by atoms with Crippen LogP contribution in [-0.4, -0.2) is 42.2 Å². The summed E-state index contributed by atoms with van der Waals surface area (Å²) in [5, 5.41) is 0.912. The van der Waals surface area contributed by atoms with E-state index in [0.29, 0.717) is 28.9 Å². The number of rotatable bonds is 5. The Labute approximate surface area is 179 Å². The van der Waals surface area contributed by atoms with Gasteiger partial charge >= 0.3 is 0 Å². The van der Waals surface area contributed by atoms with Crippen molar-refractivity contribution in [2.45, 2.75) is 24.5 Å². The molecule has 1 fully saturated rings. The van der Waals surface area contributed by atoms with E-state index in [-0.39, 0.29) is 31.3 Å². The number of carbonyl (C=O) groups is 2. The molecule has 2 aromatic carbocycles. The Morgan fingerprint density at radius 3 is 2.66 bits per heavy atom. The fourth-order valence-electron chi connectivity index (χ4n) is 3.56. The summed E-state index contributed by atoms with van der Waals surface area (Å²) < 4.78 is 10.9. The molecule has 2 aromatic rings. The summed E-state index contributed by atoms with van der Waals surface area (Å²) in [6, 6.07) is 12.9. The molecule has 1 unspecified atom stereocenters. The first-order valence-electron chi connectivity index (χ1n) is 9.68. The van der Waals surface area contributed by atoms with E-state index in [1.807, 2.05) is 28.8 Å². The molecule has 2 aliphatic rings. The molecule has 1 saturated heterocycles. The Balaban J connectivity index is 1.30. The Hall–Kier alpha value is -2.18. The standard InChI is InChI=1S/C22H22ClNO4S/c23-17-4-1-15(2-5-17)18(25)6-8-22(26)24-10-9-21(29-12-11-24)16-3-7-19-20(13-16)28-14-27-19/h1-5,7,13,21H,6,8-12,14H2. The van der Waals surface area contributed by atoms with Crippen molar-refractivity contribution >= 4 is 35.1 Å². The predicted molar refractivity (Wildman–Crippen MR) is 114 cm³/mol. The van der Waals surface area contributed by atoms with Gasteiger partial charge in [-0.25, -0.2) is 0 Å². The summed E-state index contributed by atoms with van der Waals surface area (Å²) in [5.41, 5.74) is 1.79. The molecule has 0 aliphatic carbocycles. The molecule has 0 saturated carbocycles. The van der Waals surface area contributed by atoms with Crippen LogP contribution in [0, 0.1) is 0 Å². The second-order valence-corrected chi connectivity index (χ2v) is 8.82. The first-order chi connectivity index (χ1) is 14.1. The Morgan fingerprint density at radius 2 is 1.83 bits per heavy atom. The van der Waals surface area contributed by atoms with Crippen LogP contribution >= 0.6 is 23.4 Å². The zero-order valence-corrected chi connectivity index (χ0v) is 17.5. The van der Waals surface area contributed by atoms with Crippen LogP contribution in [0.2, 0.25) is 5.02 Å². The third kappa shape index (κ3) is 4.87. The minimum absolute atomic E-state index is 0.0301. The van der Waals surface area contributed by atoms with E-state index in [1.54, 1.807) is 24.3 Å². The summed E-state index contributed by atoms with van der Waals surface area (Å²) in [6.07, 6.45) is 1.33. The highest BCUT2D eigenvalue weighted by Gasteiger charge is 2.24. The van der Waals surface area contributed by atoms with Gasteiger partial charge in [-0.2, -0.15) is 11.8 Å². The van der Waals surface area contributed by atoms with Gasteiger partial charge in [0, 0.05) is 47.5 Å². The van der Waals surface area contributed by atoms with Crippen LogP contribution in [0.3, 0.4) is 0 Å². The number of nitrogens with zero attached hydrogens (tertiary/aromatic N) is 1. The number of ketones is 1. The van der Waals surface area contributed by atoms with Crippen molar-refractivity contribution in [1.82, 2.24) is 4.90 Å². The molecule has 0 aromatic heterocycles. The molecule has 1 atom stereocenters. The van der Waals surface area contributed by atoms with Crippen molar-refractivity contribution in [2.75, 3.05) is 25.6 Å². The Bertz CT molecular complexity index is 902. The highest BCUT2D eigenvalue weighted by Crippen LogP contribution is 2.40. The molecule has 5 nitrogen and oxygen atoms in total. The lowest BCUT2D eigenvalue weighted by Gasteiger charge is -2.20. The zero-order valence-electron chi connectivity index (χ0n) is 15.9. The number of halogens is 1. The summed E-state index contributed by atoms with van der Waals surface area (Å²) >= 11 is 7.71. The van der Waals surface area contributed by atoms with Crippen LogP contribution in [-0.2, 0) is 4.79 Å². The maximum absolute atomic E-state index is 12.6. The average Bonchev–Trinajstić information content (AvgIpc) is 3.07. The summed E-state index contributed by atoms with van der Waals surface area (Å²) in [5.74, 6) is 2.46. The van der Waals surface area contributed by atoms with Crippen LogP contribution < -0.4 is 9.47 Å². The lowest BCUT2D eigenvalue weighted by atomic mass is 10.1. The highest BCUT2D eigenvalue weighted by molar-refractivity contribution is 7.99. The largest absolute Gasteiger partial charge is 0.454 e. The topological polar surface area (TPSA) is 55.8 Å². The van der Waals surface area contributed by atoms with Gasteiger partial charge in [0.15, 0.2) is 17.3 Å². The third-order valence-corrected chi connectivity index (χ3v) is 6.78. The monoisotopic (exact) mass is 431 g/mol. The number of benzene rings is 2. The quantitative estimate of drug-likeness (QED) is 0.640. The molecule has 152 valence electrons. The van der Waals surface area contributed by atoms with Gasteiger partial charge in [0.05, 0.1) is 0 Å².